The highest BCUT2D eigenvalue weighted by Gasteiger charge is 2.10. The Bertz CT molecular complexity index is 1270. The highest BCUT2D eigenvalue weighted by molar-refractivity contribution is 6.01. The van der Waals surface area contributed by atoms with Crippen molar-refractivity contribution in [2.24, 2.45) is 0 Å². The van der Waals surface area contributed by atoms with E-state index in [4.69, 9.17) is 0 Å². The van der Waals surface area contributed by atoms with Crippen LogP contribution in [0.5, 0.6) is 0 Å². The molecule has 6 nitrogen and oxygen atoms in total. The number of benzene rings is 1. The lowest BCUT2D eigenvalue weighted by molar-refractivity contribution is -0.116. The van der Waals surface area contributed by atoms with Crippen LogP contribution in [0.1, 0.15) is 5.56 Å². The summed E-state index contributed by atoms with van der Waals surface area (Å²) < 4.78 is 0. The van der Waals surface area contributed by atoms with Crippen molar-refractivity contribution in [3.05, 3.63) is 78.4 Å². The normalized spacial score (nSPS) is 11.2. The first-order chi connectivity index (χ1) is 14.2. The van der Waals surface area contributed by atoms with Gasteiger partial charge in [0.2, 0.25) is 0 Å². The van der Waals surface area contributed by atoms with E-state index in [1.54, 1.807) is 18.5 Å². The summed E-state index contributed by atoms with van der Waals surface area (Å²) in [4.78, 5) is 23.6. The van der Waals surface area contributed by atoms with Crippen LogP contribution in [0.3, 0.4) is 0 Å². The van der Waals surface area contributed by atoms with Crippen molar-refractivity contribution in [3.8, 4) is 28.3 Å². The molecular formula is C23H17N5O. The molecule has 1 amide bonds. The molecule has 2 N–H and O–H groups in total. The predicted molar refractivity (Wildman–Crippen MR) is 112 cm³/mol. The summed E-state index contributed by atoms with van der Waals surface area (Å²) in [5.41, 5.74) is 5.65. The Hall–Kier alpha value is -4.24. The van der Waals surface area contributed by atoms with Gasteiger partial charge < -0.3 is 10.3 Å². The number of pyridine rings is 2. The largest absolute Gasteiger partial charge is 0.354 e. The summed E-state index contributed by atoms with van der Waals surface area (Å²) in [6.45, 7) is 0. The van der Waals surface area contributed by atoms with E-state index in [1.807, 2.05) is 54.9 Å². The van der Waals surface area contributed by atoms with E-state index < -0.39 is 5.91 Å². The molecule has 0 saturated heterocycles. The lowest BCUT2D eigenvalue weighted by Gasteiger charge is -2.05. The summed E-state index contributed by atoms with van der Waals surface area (Å²) in [7, 11) is 1.50. The molecule has 3 heterocycles. The van der Waals surface area contributed by atoms with Crippen LogP contribution in [0.25, 0.3) is 39.4 Å². The van der Waals surface area contributed by atoms with Gasteiger partial charge in [-0.1, -0.05) is 18.2 Å². The number of rotatable bonds is 4. The topological polar surface area (TPSA) is 94.5 Å². The minimum Gasteiger partial charge on any atom is -0.354 e. The fraction of sp³-hybridized carbons (Fsp3) is 0.0435. The van der Waals surface area contributed by atoms with Crippen LogP contribution < -0.4 is 5.32 Å². The van der Waals surface area contributed by atoms with Gasteiger partial charge in [0.1, 0.15) is 17.3 Å². The van der Waals surface area contributed by atoms with E-state index in [-0.39, 0.29) is 5.57 Å². The van der Waals surface area contributed by atoms with Gasteiger partial charge in [0.05, 0.1) is 0 Å². The zero-order valence-electron chi connectivity index (χ0n) is 15.7. The van der Waals surface area contributed by atoms with Crippen molar-refractivity contribution >= 4 is 23.0 Å². The van der Waals surface area contributed by atoms with Gasteiger partial charge in [0.15, 0.2) is 0 Å². The molecule has 0 spiro atoms. The van der Waals surface area contributed by atoms with Crippen molar-refractivity contribution in [1.82, 2.24) is 20.3 Å². The SMILES string of the molecule is CNC(=O)C(C#N)=Cc1cccc(-c2cnc3[nH]cc(-c4ccncc4)c3c2)c1. The van der Waals surface area contributed by atoms with Gasteiger partial charge in [-0.3, -0.25) is 9.78 Å². The second-order valence-electron chi connectivity index (χ2n) is 6.43. The standard InChI is InChI=1S/C23H17N5O/c1-25-23(29)18(12-24)10-15-3-2-4-17(9-15)19-11-20-21(14-28-22(20)27-13-19)16-5-7-26-8-6-16/h2-11,13-14H,1H3,(H,25,29)(H,27,28). The Kier molecular flexibility index (Phi) is 4.87. The van der Waals surface area contributed by atoms with Gasteiger partial charge in [0, 0.05) is 48.3 Å². The molecule has 3 aromatic heterocycles. The molecule has 0 radical (unpaired) electrons. The highest BCUT2D eigenvalue weighted by atomic mass is 16.1. The van der Waals surface area contributed by atoms with Crippen molar-refractivity contribution < 1.29 is 4.79 Å². The number of aromatic amines is 1. The Morgan fingerprint density at radius 1 is 1.14 bits per heavy atom. The van der Waals surface area contributed by atoms with Gasteiger partial charge in [0.25, 0.3) is 5.91 Å². The fourth-order valence-corrected chi connectivity index (χ4v) is 3.19. The van der Waals surface area contributed by atoms with Gasteiger partial charge in [-0.2, -0.15) is 5.26 Å². The predicted octanol–water partition coefficient (Wildman–Crippen LogP) is 3.94. The van der Waals surface area contributed by atoms with Gasteiger partial charge in [-0.25, -0.2) is 4.98 Å². The number of amides is 1. The smallest absolute Gasteiger partial charge is 0.261 e. The lowest BCUT2D eigenvalue weighted by Crippen LogP contribution is -2.19. The van der Waals surface area contributed by atoms with E-state index in [0.717, 1.165) is 38.9 Å². The van der Waals surface area contributed by atoms with Crippen LogP contribution in [0.2, 0.25) is 0 Å². The summed E-state index contributed by atoms with van der Waals surface area (Å²) in [6, 6.07) is 15.6. The van der Waals surface area contributed by atoms with E-state index in [1.165, 1.54) is 7.05 Å². The molecule has 1 aromatic carbocycles. The van der Waals surface area contributed by atoms with E-state index >= 15 is 0 Å². The molecule has 0 saturated carbocycles. The first kappa shape index (κ1) is 18.1. The molecule has 0 atom stereocenters. The lowest BCUT2D eigenvalue weighted by atomic mass is 10.0. The maximum atomic E-state index is 11.8. The molecule has 0 fully saturated rings. The molecule has 0 aliphatic heterocycles. The number of nitriles is 1. The maximum Gasteiger partial charge on any atom is 0.261 e. The minimum atomic E-state index is -0.407. The zero-order chi connectivity index (χ0) is 20.2. The van der Waals surface area contributed by atoms with Gasteiger partial charge in [-0.05, 0) is 47.0 Å². The molecular weight excluding hydrogens is 362 g/mol. The van der Waals surface area contributed by atoms with Crippen LogP contribution in [0, 0.1) is 11.3 Å². The van der Waals surface area contributed by atoms with Gasteiger partial charge in [-0.15, -0.1) is 0 Å². The number of H-pyrrole nitrogens is 1. The first-order valence-electron chi connectivity index (χ1n) is 9.01. The number of nitrogens with one attached hydrogen (secondary N) is 2. The van der Waals surface area contributed by atoms with E-state index in [0.29, 0.717) is 0 Å². The monoisotopic (exact) mass is 379 g/mol. The molecule has 29 heavy (non-hydrogen) atoms. The van der Waals surface area contributed by atoms with Crippen molar-refractivity contribution in [2.75, 3.05) is 7.05 Å². The molecule has 0 unspecified atom stereocenters. The van der Waals surface area contributed by atoms with E-state index in [9.17, 15) is 10.1 Å². The summed E-state index contributed by atoms with van der Waals surface area (Å²) in [5, 5.41) is 12.7. The Balaban J connectivity index is 1.77. The van der Waals surface area contributed by atoms with Crippen LogP contribution in [0.15, 0.2) is 72.8 Å². The quantitative estimate of drug-likeness (QED) is 0.415. The molecule has 140 valence electrons. The number of carbonyl (C=O) groups is 1. The van der Waals surface area contributed by atoms with Crippen LogP contribution in [-0.4, -0.2) is 27.9 Å². The summed E-state index contributed by atoms with van der Waals surface area (Å²) in [6.07, 6.45) is 8.86. The van der Waals surface area contributed by atoms with Crippen molar-refractivity contribution in [2.45, 2.75) is 0 Å². The van der Waals surface area contributed by atoms with Crippen molar-refractivity contribution in [3.63, 3.8) is 0 Å². The maximum absolute atomic E-state index is 11.8. The first-order valence-corrected chi connectivity index (χ1v) is 9.01. The number of nitrogens with zero attached hydrogens (tertiary/aromatic N) is 3. The Morgan fingerprint density at radius 2 is 1.97 bits per heavy atom. The number of fused-ring (bicyclic) bond motifs is 1. The zero-order valence-corrected chi connectivity index (χ0v) is 15.7. The minimum absolute atomic E-state index is 0.0591. The fourth-order valence-electron chi connectivity index (χ4n) is 3.19. The highest BCUT2D eigenvalue weighted by Crippen LogP contribution is 2.31. The average molecular weight is 379 g/mol. The average Bonchev–Trinajstić information content (AvgIpc) is 3.21. The summed E-state index contributed by atoms with van der Waals surface area (Å²) >= 11 is 0. The molecule has 4 rings (SSSR count). The molecule has 0 bridgehead atoms. The number of hydrogen-bond donors (Lipinski definition) is 2. The number of carbonyl (C=O) groups excluding carboxylic acids is 1. The number of aromatic nitrogens is 3. The molecule has 0 aliphatic rings. The molecule has 4 aromatic rings. The van der Waals surface area contributed by atoms with Crippen LogP contribution in [0.4, 0.5) is 0 Å². The number of likely N-dealkylation sites (N-methyl/N-ethyl adjacent to an activating group) is 1. The van der Waals surface area contributed by atoms with Gasteiger partial charge >= 0.3 is 0 Å². The Labute approximate surface area is 167 Å². The third-order valence-electron chi connectivity index (χ3n) is 4.65. The van der Waals surface area contributed by atoms with Crippen LogP contribution >= 0.6 is 0 Å². The third kappa shape index (κ3) is 3.62. The second-order valence-corrected chi connectivity index (χ2v) is 6.43. The Morgan fingerprint density at radius 3 is 2.72 bits per heavy atom. The molecule has 6 heteroatoms. The third-order valence-corrected chi connectivity index (χ3v) is 4.65. The van der Waals surface area contributed by atoms with Crippen LogP contribution in [-0.2, 0) is 4.79 Å². The van der Waals surface area contributed by atoms with E-state index in [2.05, 4.69) is 26.3 Å². The molecule has 0 aliphatic carbocycles. The number of hydrogen-bond acceptors (Lipinski definition) is 4. The van der Waals surface area contributed by atoms with Crippen molar-refractivity contribution in [1.29, 1.82) is 5.26 Å². The second kappa shape index (κ2) is 7.79. The summed E-state index contributed by atoms with van der Waals surface area (Å²) in [5.74, 6) is -0.407.